The first-order valence-electron chi connectivity index (χ1n) is 6.68. The van der Waals surface area contributed by atoms with Crippen molar-refractivity contribution in [2.75, 3.05) is 24.8 Å². The molecular weight excluding hydrogens is 278 g/mol. The number of carbonyl (C=O) groups excluding carboxylic acids is 1. The predicted molar refractivity (Wildman–Crippen MR) is 81.9 cm³/mol. The highest BCUT2D eigenvalue weighted by atomic mass is 35.5. The average Bonchev–Trinajstić information content (AvgIpc) is 2.89. The van der Waals surface area contributed by atoms with Crippen LogP contribution in [0.15, 0.2) is 18.3 Å². The minimum atomic E-state index is -0.280. The molecule has 5 nitrogen and oxygen atoms in total. The lowest BCUT2D eigenvalue weighted by Gasteiger charge is -2.27. The minimum absolute atomic E-state index is 0. The van der Waals surface area contributed by atoms with Gasteiger partial charge in [0, 0.05) is 13.7 Å². The molecule has 1 fully saturated rings. The molecule has 1 aromatic heterocycles. The summed E-state index contributed by atoms with van der Waals surface area (Å²) < 4.78 is 5.14. The van der Waals surface area contributed by atoms with Gasteiger partial charge in [-0.05, 0) is 31.4 Å². The third kappa shape index (κ3) is 3.84. The van der Waals surface area contributed by atoms with Gasteiger partial charge in [0.2, 0.25) is 5.91 Å². The van der Waals surface area contributed by atoms with Crippen LogP contribution >= 0.6 is 12.4 Å². The zero-order chi connectivity index (χ0) is 13.7. The van der Waals surface area contributed by atoms with Crippen LogP contribution in [0.3, 0.4) is 0 Å². The smallest absolute Gasteiger partial charge is 0.230 e. The lowest BCUT2D eigenvalue weighted by molar-refractivity contribution is -0.126. The van der Waals surface area contributed by atoms with E-state index in [4.69, 9.17) is 10.5 Å². The minimum Gasteiger partial charge on any atom is -0.385 e. The highest BCUT2D eigenvalue weighted by molar-refractivity contribution is 5.95. The van der Waals surface area contributed by atoms with Gasteiger partial charge in [-0.2, -0.15) is 0 Å². The number of rotatable bonds is 5. The topological polar surface area (TPSA) is 77.2 Å². The van der Waals surface area contributed by atoms with Crippen molar-refractivity contribution in [3.8, 4) is 0 Å². The lowest BCUT2D eigenvalue weighted by Crippen LogP contribution is -2.35. The number of methoxy groups -OCH3 is 1. The second-order valence-corrected chi connectivity index (χ2v) is 5.16. The Morgan fingerprint density at radius 3 is 2.70 bits per heavy atom. The SMILES string of the molecule is COCCC1(C(=O)Nc2ccc(N)nc2)CCCC1.Cl. The van der Waals surface area contributed by atoms with Gasteiger partial charge in [0.15, 0.2) is 0 Å². The van der Waals surface area contributed by atoms with Crippen molar-refractivity contribution in [1.29, 1.82) is 0 Å². The average molecular weight is 300 g/mol. The molecule has 0 spiro atoms. The Morgan fingerprint density at radius 1 is 1.45 bits per heavy atom. The third-order valence-corrected chi connectivity index (χ3v) is 3.87. The van der Waals surface area contributed by atoms with E-state index in [-0.39, 0.29) is 23.7 Å². The molecule has 0 saturated heterocycles. The molecule has 1 amide bonds. The molecule has 0 bridgehead atoms. The molecule has 0 unspecified atom stereocenters. The molecule has 0 aliphatic heterocycles. The summed E-state index contributed by atoms with van der Waals surface area (Å²) in [6.07, 6.45) is 6.45. The van der Waals surface area contributed by atoms with Crippen LogP contribution in [0.4, 0.5) is 11.5 Å². The van der Waals surface area contributed by atoms with Crippen LogP contribution in [0.1, 0.15) is 32.1 Å². The zero-order valence-corrected chi connectivity index (χ0v) is 12.5. The van der Waals surface area contributed by atoms with Crippen LogP contribution in [0.25, 0.3) is 0 Å². The second-order valence-electron chi connectivity index (χ2n) is 5.16. The van der Waals surface area contributed by atoms with E-state index in [0.29, 0.717) is 18.1 Å². The van der Waals surface area contributed by atoms with E-state index in [1.807, 2.05) is 0 Å². The molecule has 2 rings (SSSR count). The van der Waals surface area contributed by atoms with Crippen molar-refractivity contribution in [1.82, 2.24) is 4.98 Å². The van der Waals surface area contributed by atoms with Crippen LogP contribution in [-0.4, -0.2) is 24.6 Å². The van der Waals surface area contributed by atoms with E-state index in [1.165, 1.54) is 0 Å². The molecule has 1 aliphatic rings. The Bertz CT molecular complexity index is 431. The quantitative estimate of drug-likeness (QED) is 0.876. The van der Waals surface area contributed by atoms with Gasteiger partial charge in [0.1, 0.15) is 5.82 Å². The normalized spacial score (nSPS) is 16.4. The van der Waals surface area contributed by atoms with E-state index >= 15 is 0 Å². The number of nitrogens with one attached hydrogen (secondary N) is 1. The van der Waals surface area contributed by atoms with Crippen molar-refractivity contribution in [2.24, 2.45) is 5.41 Å². The van der Waals surface area contributed by atoms with Gasteiger partial charge < -0.3 is 15.8 Å². The molecule has 1 aromatic rings. The summed E-state index contributed by atoms with van der Waals surface area (Å²) in [5.74, 6) is 0.529. The number of pyridine rings is 1. The molecule has 112 valence electrons. The number of halogens is 1. The first kappa shape index (κ1) is 16.7. The Labute approximate surface area is 125 Å². The van der Waals surface area contributed by atoms with Crippen LogP contribution in [0.5, 0.6) is 0 Å². The molecule has 20 heavy (non-hydrogen) atoms. The molecular formula is C14H22ClN3O2. The van der Waals surface area contributed by atoms with E-state index in [9.17, 15) is 4.79 Å². The highest BCUT2D eigenvalue weighted by Crippen LogP contribution is 2.42. The maximum Gasteiger partial charge on any atom is 0.230 e. The molecule has 0 aromatic carbocycles. The number of amides is 1. The summed E-state index contributed by atoms with van der Waals surface area (Å²) in [6, 6.07) is 3.46. The molecule has 0 atom stereocenters. The Kier molecular flexibility index (Phi) is 6.23. The number of aromatic nitrogens is 1. The standard InChI is InChI=1S/C14H21N3O2.ClH/c1-19-9-8-14(6-2-3-7-14)13(18)17-11-4-5-12(15)16-10-11;/h4-5,10H,2-3,6-9H2,1H3,(H2,15,16)(H,17,18);1H. The number of nitrogen functional groups attached to an aromatic ring is 1. The van der Waals surface area contributed by atoms with Gasteiger partial charge in [-0.3, -0.25) is 4.79 Å². The van der Waals surface area contributed by atoms with Crippen LogP contribution < -0.4 is 11.1 Å². The monoisotopic (exact) mass is 299 g/mol. The zero-order valence-electron chi connectivity index (χ0n) is 11.7. The van der Waals surface area contributed by atoms with E-state index in [1.54, 1.807) is 25.4 Å². The maximum absolute atomic E-state index is 12.5. The number of hydrogen-bond donors (Lipinski definition) is 2. The summed E-state index contributed by atoms with van der Waals surface area (Å²) in [5, 5.41) is 2.95. The number of ether oxygens (including phenoxy) is 1. The van der Waals surface area contributed by atoms with Crippen molar-refractivity contribution in [2.45, 2.75) is 32.1 Å². The van der Waals surface area contributed by atoms with E-state index in [0.717, 1.165) is 32.1 Å². The van der Waals surface area contributed by atoms with Crippen LogP contribution in [0, 0.1) is 5.41 Å². The van der Waals surface area contributed by atoms with Gasteiger partial charge in [-0.1, -0.05) is 12.8 Å². The number of hydrogen-bond acceptors (Lipinski definition) is 4. The van der Waals surface area contributed by atoms with Gasteiger partial charge in [0.25, 0.3) is 0 Å². The van der Waals surface area contributed by atoms with Gasteiger partial charge in [-0.15, -0.1) is 12.4 Å². The number of anilines is 2. The molecule has 0 radical (unpaired) electrons. The van der Waals surface area contributed by atoms with Gasteiger partial charge in [-0.25, -0.2) is 4.98 Å². The first-order valence-corrected chi connectivity index (χ1v) is 6.68. The summed E-state index contributed by atoms with van der Waals surface area (Å²) in [4.78, 5) is 16.5. The van der Waals surface area contributed by atoms with Gasteiger partial charge >= 0.3 is 0 Å². The Morgan fingerprint density at radius 2 is 2.15 bits per heavy atom. The summed E-state index contributed by atoms with van der Waals surface area (Å²) >= 11 is 0. The Hall–Kier alpha value is -1.33. The predicted octanol–water partition coefficient (Wildman–Crippen LogP) is 2.62. The number of nitrogens with zero attached hydrogens (tertiary/aromatic N) is 1. The summed E-state index contributed by atoms with van der Waals surface area (Å²) in [5.41, 5.74) is 5.95. The molecule has 3 N–H and O–H groups in total. The molecule has 1 aliphatic carbocycles. The summed E-state index contributed by atoms with van der Waals surface area (Å²) in [6.45, 7) is 0.618. The van der Waals surface area contributed by atoms with Crippen LogP contribution in [-0.2, 0) is 9.53 Å². The molecule has 1 heterocycles. The van der Waals surface area contributed by atoms with Gasteiger partial charge in [0.05, 0.1) is 17.3 Å². The maximum atomic E-state index is 12.5. The first-order chi connectivity index (χ1) is 9.16. The van der Waals surface area contributed by atoms with E-state index < -0.39 is 0 Å². The van der Waals surface area contributed by atoms with Crippen molar-refractivity contribution >= 4 is 29.8 Å². The highest BCUT2D eigenvalue weighted by Gasteiger charge is 2.40. The lowest BCUT2D eigenvalue weighted by atomic mass is 9.82. The number of carbonyl (C=O) groups is 1. The van der Waals surface area contributed by atoms with E-state index in [2.05, 4.69) is 10.3 Å². The van der Waals surface area contributed by atoms with Crippen molar-refractivity contribution in [3.63, 3.8) is 0 Å². The summed E-state index contributed by atoms with van der Waals surface area (Å²) in [7, 11) is 1.67. The largest absolute Gasteiger partial charge is 0.385 e. The molecule has 6 heteroatoms. The van der Waals surface area contributed by atoms with Crippen molar-refractivity contribution < 1.29 is 9.53 Å². The third-order valence-electron chi connectivity index (χ3n) is 3.87. The second kappa shape index (κ2) is 7.45. The fraction of sp³-hybridized carbons (Fsp3) is 0.571. The van der Waals surface area contributed by atoms with Crippen LogP contribution in [0.2, 0.25) is 0 Å². The Balaban J connectivity index is 0.00000200. The number of nitrogens with two attached hydrogens (primary N) is 1. The van der Waals surface area contributed by atoms with Crippen molar-refractivity contribution in [3.05, 3.63) is 18.3 Å². The fourth-order valence-corrected chi connectivity index (χ4v) is 2.68. The molecule has 1 saturated carbocycles. The fourth-order valence-electron chi connectivity index (χ4n) is 2.68.